The van der Waals surface area contributed by atoms with E-state index in [4.69, 9.17) is 9.84 Å². The first-order chi connectivity index (χ1) is 8.29. The highest BCUT2D eigenvalue weighted by Gasteiger charge is 2.21. The average Bonchev–Trinajstić information content (AvgIpc) is 3.18. The third kappa shape index (κ3) is 3.75. The van der Waals surface area contributed by atoms with Crippen LogP contribution in [0.25, 0.3) is 0 Å². The van der Waals surface area contributed by atoms with E-state index in [-0.39, 0.29) is 19.1 Å². The molecule has 0 unspecified atom stereocenters. The van der Waals surface area contributed by atoms with Crippen molar-refractivity contribution in [2.24, 2.45) is 5.92 Å². The van der Waals surface area contributed by atoms with Crippen molar-refractivity contribution in [2.45, 2.75) is 19.4 Å². The number of para-hydroxylation sites is 1. The maximum atomic E-state index is 11.4. The summed E-state index contributed by atoms with van der Waals surface area (Å²) < 4.78 is 5.37. The quantitative estimate of drug-likeness (QED) is 0.775. The van der Waals surface area contributed by atoms with E-state index in [0.717, 1.165) is 6.54 Å². The molecule has 4 nitrogen and oxygen atoms in total. The van der Waals surface area contributed by atoms with E-state index < -0.39 is 0 Å². The molecule has 1 aromatic carbocycles. The number of carbonyl (C=O) groups is 1. The molecule has 1 saturated carbocycles. The number of rotatable bonds is 6. The summed E-state index contributed by atoms with van der Waals surface area (Å²) >= 11 is 0. The third-order valence-corrected chi connectivity index (χ3v) is 2.79. The summed E-state index contributed by atoms with van der Waals surface area (Å²) in [5.41, 5.74) is 0.697. The number of aliphatic hydroxyl groups is 1. The minimum Gasteiger partial charge on any atom is -0.483 e. The van der Waals surface area contributed by atoms with Gasteiger partial charge in [-0.05, 0) is 24.8 Å². The molecule has 1 fully saturated rings. The van der Waals surface area contributed by atoms with Crippen LogP contribution in [0.4, 0.5) is 0 Å². The molecule has 0 radical (unpaired) electrons. The van der Waals surface area contributed by atoms with Gasteiger partial charge >= 0.3 is 0 Å². The fourth-order valence-corrected chi connectivity index (χ4v) is 1.55. The van der Waals surface area contributed by atoms with Crippen LogP contribution >= 0.6 is 0 Å². The van der Waals surface area contributed by atoms with Gasteiger partial charge < -0.3 is 15.2 Å². The minimum absolute atomic E-state index is 0.00370. The van der Waals surface area contributed by atoms with Crippen LogP contribution < -0.4 is 10.1 Å². The van der Waals surface area contributed by atoms with Crippen LogP contribution in [0.1, 0.15) is 18.4 Å². The number of aliphatic hydroxyl groups excluding tert-OH is 1. The summed E-state index contributed by atoms with van der Waals surface area (Å²) in [7, 11) is 0. The first kappa shape index (κ1) is 11.9. The molecule has 1 aliphatic rings. The predicted octanol–water partition coefficient (Wildman–Crippen LogP) is 1.08. The third-order valence-electron chi connectivity index (χ3n) is 2.79. The van der Waals surface area contributed by atoms with Gasteiger partial charge in [-0.2, -0.15) is 0 Å². The van der Waals surface area contributed by atoms with Gasteiger partial charge in [0.2, 0.25) is 0 Å². The molecule has 1 amide bonds. The van der Waals surface area contributed by atoms with E-state index in [0.29, 0.717) is 17.2 Å². The number of ether oxygens (including phenoxy) is 1. The standard InChI is InChI=1S/C13H17NO3/c15-8-11-3-1-2-4-12(11)17-9-13(16)14-7-10-5-6-10/h1-4,10,15H,5-9H2,(H,14,16). The summed E-state index contributed by atoms with van der Waals surface area (Å²) in [6.07, 6.45) is 2.43. The summed E-state index contributed by atoms with van der Waals surface area (Å²) in [6.45, 7) is 0.674. The van der Waals surface area contributed by atoms with Gasteiger partial charge in [0.05, 0.1) is 6.61 Å². The van der Waals surface area contributed by atoms with Gasteiger partial charge in [0.25, 0.3) is 5.91 Å². The Morgan fingerprint density at radius 2 is 2.18 bits per heavy atom. The molecule has 0 aliphatic heterocycles. The number of amides is 1. The fraction of sp³-hybridized carbons (Fsp3) is 0.462. The van der Waals surface area contributed by atoms with Gasteiger partial charge in [-0.1, -0.05) is 18.2 Å². The zero-order valence-electron chi connectivity index (χ0n) is 9.69. The van der Waals surface area contributed by atoms with Crippen molar-refractivity contribution in [3.8, 4) is 5.75 Å². The molecule has 92 valence electrons. The zero-order chi connectivity index (χ0) is 12.1. The Kier molecular flexibility index (Phi) is 3.98. The second-order valence-corrected chi connectivity index (χ2v) is 4.30. The number of benzene rings is 1. The summed E-state index contributed by atoms with van der Waals surface area (Å²) in [5.74, 6) is 1.13. The molecule has 0 heterocycles. The topological polar surface area (TPSA) is 58.6 Å². The van der Waals surface area contributed by atoms with Gasteiger partial charge in [-0.15, -0.1) is 0 Å². The maximum absolute atomic E-state index is 11.4. The highest BCUT2D eigenvalue weighted by atomic mass is 16.5. The first-order valence-electron chi connectivity index (χ1n) is 5.88. The Morgan fingerprint density at radius 1 is 1.41 bits per heavy atom. The second-order valence-electron chi connectivity index (χ2n) is 4.30. The van der Waals surface area contributed by atoms with Gasteiger partial charge in [0.1, 0.15) is 5.75 Å². The molecule has 17 heavy (non-hydrogen) atoms. The largest absolute Gasteiger partial charge is 0.483 e. The molecule has 0 saturated heterocycles. The first-order valence-corrected chi connectivity index (χ1v) is 5.88. The summed E-state index contributed by atoms with van der Waals surface area (Å²) in [4.78, 5) is 11.4. The van der Waals surface area contributed by atoms with Crippen LogP contribution in [-0.2, 0) is 11.4 Å². The monoisotopic (exact) mass is 235 g/mol. The Labute approximate surface area is 101 Å². The number of carbonyl (C=O) groups excluding carboxylic acids is 1. The maximum Gasteiger partial charge on any atom is 0.257 e. The summed E-state index contributed by atoms with van der Waals surface area (Å²) in [6, 6.07) is 7.17. The molecular formula is C13H17NO3. The smallest absolute Gasteiger partial charge is 0.257 e. The van der Waals surface area contributed by atoms with E-state index in [2.05, 4.69) is 5.32 Å². The highest BCUT2D eigenvalue weighted by Crippen LogP contribution is 2.27. The molecule has 1 aliphatic carbocycles. The minimum atomic E-state index is -0.107. The van der Waals surface area contributed by atoms with Crippen molar-refractivity contribution < 1.29 is 14.6 Å². The Balaban J connectivity index is 1.77. The van der Waals surface area contributed by atoms with Crippen molar-refractivity contribution in [3.05, 3.63) is 29.8 Å². The van der Waals surface area contributed by atoms with Crippen LogP contribution in [0, 0.1) is 5.92 Å². The second kappa shape index (κ2) is 5.68. The number of nitrogens with one attached hydrogen (secondary N) is 1. The van der Waals surface area contributed by atoms with E-state index >= 15 is 0 Å². The molecule has 0 atom stereocenters. The van der Waals surface area contributed by atoms with Gasteiger partial charge in [-0.3, -0.25) is 4.79 Å². The molecular weight excluding hydrogens is 218 g/mol. The lowest BCUT2D eigenvalue weighted by atomic mass is 10.2. The van der Waals surface area contributed by atoms with E-state index in [1.165, 1.54) is 12.8 Å². The molecule has 0 spiro atoms. The van der Waals surface area contributed by atoms with Crippen LogP contribution in [0.5, 0.6) is 5.75 Å². The summed E-state index contributed by atoms with van der Waals surface area (Å²) in [5, 5.41) is 11.9. The van der Waals surface area contributed by atoms with E-state index in [1.54, 1.807) is 12.1 Å². The van der Waals surface area contributed by atoms with Crippen LogP contribution in [-0.4, -0.2) is 24.2 Å². The Hall–Kier alpha value is -1.55. The van der Waals surface area contributed by atoms with Crippen LogP contribution in [0.3, 0.4) is 0 Å². The normalized spacial score (nSPS) is 14.4. The van der Waals surface area contributed by atoms with Crippen molar-refractivity contribution in [2.75, 3.05) is 13.2 Å². The number of hydrogen-bond donors (Lipinski definition) is 2. The predicted molar refractivity (Wildman–Crippen MR) is 63.6 cm³/mol. The molecule has 4 heteroatoms. The Morgan fingerprint density at radius 3 is 2.88 bits per heavy atom. The van der Waals surface area contributed by atoms with Gasteiger partial charge in [0.15, 0.2) is 6.61 Å². The van der Waals surface area contributed by atoms with Crippen molar-refractivity contribution >= 4 is 5.91 Å². The van der Waals surface area contributed by atoms with E-state index in [1.807, 2.05) is 12.1 Å². The molecule has 2 N–H and O–H groups in total. The lowest BCUT2D eigenvalue weighted by Crippen LogP contribution is -2.30. The van der Waals surface area contributed by atoms with Crippen molar-refractivity contribution in [3.63, 3.8) is 0 Å². The Bertz CT molecular complexity index is 388. The van der Waals surface area contributed by atoms with E-state index in [9.17, 15) is 4.79 Å². The fourth-order valence-electron chi connectivity index (χ4n) is 1.55. The van der Waals surface area contributed by atoms with Crippen molar-refractivity contribution in [1.82, 2.24) is 5.32 Å². The molecule has 1 aromatic rings. The van der Waals surface area contributed by atoms with Crippen LogP contribution in [0.2, 0.25) is 0 Å². The van der Waals surface area contributed by atoms with Gasteiger partial charge in [0, 0.05) is 12.1 Å². The SMILES string of the molecule is O=C(COc1ccccc1CO)NCC1CC1. The highest BCUT2D eigenvalue weighted by molar-refractivity contribution is 5.77. The van der Waals surface area contributed by atoms with Crippen LogP contribution in [0.15, 0.2) is 24.3 Å². The lowest BCUT2D eigenvalue weighted by molar-refractivity contribution is -0.123. The van der Waals surface area contributed by atoms with Crippen molar-refractivity contribution in [1.29, 1.82) is 0 Å². The molecule has 0 aromatic heterocycles. The zero-order valence-corrected chi connectivity index (χ0v) is 9.69. The van der Waals surface area contributed by atoms with Gasteiger partial charge in [-0.25, -0.2) is 0 Å². The average molecular weight is 235 g/mol. The molecule has 0 bridgehead atoms. The number of hydrogen-bond acceptors (Lipinski definition) is 3. The lowest BCUT2D eigenvalue weighted by Gasteiger charge is -2.09. The molecule has 2 rings (SSSR count).